The highest BCUT2D eigenvalue weighted by atomic mass is 32.2. The number of hydrogen-bond donors (Lipinski definition) is 1. The quantitative estimate of drug-likeness (QED) is 0.896. The van der Waals surface area contributed by atoms with Gasteiger partial charge in [0.05, 0.1) is 11.5 Å². The first-order valence-corrected chi connectivity index (χ1v) is 7.37. The average Bonchev–Trinajstić information content (AvgIpc) is 2.81. The van der Waals surface area contributed by atoms with Crippen LogP contribution in [0.5, 0.6) is 0 Å². The molecule has 96 valence electrons. The summed E-state index contributed by atoms with van der Waals surface area (Å²) >= 11 is 0. The maximum absolute atomic E-state index is 13.0. The molecular weight excluding hydrogens is 259 g/mol. The molecule has 1 N–H and O–H groups in total. The van der Waals surface area contributed by atoms with Crippen LogP contribution in [0, 0.1) is 5.82 Å². The molecule has 0 radical (unpaired) electrons. The Balaban J connectivity index is 1.83. The van der Waals surface area contributed by atoms with Gasteiger partial charge >= 0.3 is 0 Å². The van der Waals surface area contributed by atoms with Crippen LogP contribution in [0.1, 0.15) is 6.42 Å². The Bertz CT molecular complexity index is 695. The third kappa shape index (κ3) is 2.17. The van der Waals surface area contributed by atoms with Crippen LogP contribution >= 0.6 is 0 Å². The van der Waals surface area contributed by atoms with E-state index in [0.29, 0.717) is 17.5 Å². The summed E-state index contributed by atoms with van der Waals surface area (Å²) in [4.78, 5) is 4.07. The molecule has 1 atom stereocenters. The molecule has 0 spiro atoms. The van der Waals surface area contributed by atoms with Crippen LogP contribution < -0.4 is 5.32 Å². The Labute approximate surface area is 103 Å². The Hall–Kier alpha value is -1.63. The van der Waals surface area contributed by atoms with Crippen LogP contribution in [0.15, 0.2) is 22.6 Å². The van der Waals surface area contributed by atoms with E-state index in [2.05, 4.69) is 10.3 Å². The summed E-state index contributed by atoms with van der Waals surface area (Å²) in [5.74, 6) is -0.120. The molecule has 1 saturated heterocycles. The summed E-state index contributed by atoms with van der Waals surface area (Å²) in [7, 11) is -2.94. The minimum absolute atomic E-state index is 0.0834. The lowest BCUT2D eigenvalue weighted by molar-refractivity contribution is 0.595. The second-order valence-electron chi connectivity index (χ2n) is 4.38. The van der Waals surface area contributed by atoms with Crippen LogP contribution in [0.2, 0.25) is 0 Å². The van der Waals surface area contributed by atoms with Crippen molar-refractivity contribution in [3.63, 3.8) is 0 Å². The van der Waals surface area contributed by atoms with Crippen LogP contribution in [0.4, 0.5) is 10.4 Å². The number of rotatable bonds is 2. The fourth-order valence-corrected chi connectivity index (χ4v) is 3.72. The maximum Gasteiger partial charge on any atom is 0.295 e. The van der Waals surface area contributed by atoms with Crippen molar-refractivity contribution >= 4 is 27.0 Å². The highest BCUT2D eigenvalue weighted by Crippen LogP contribution is 2.22. The second-order valence-corrected chi connectivity index (χ2v) is 6.60. The lowest BCUT2D eigenvalue weighted by Crippen LogP contribution is -2.20. The summed E-state index contributed by atoms with van der Waals surface area (Å²) in [6, 6.07) is 4.10. The van der Waals surface area contributed by atoms with Crippen molar-refractivity contribution in [1.29, 1.82) is 0 Å². The molecule has 0 bridgehead atoms. The first kappa shape index (κ1) is 11.5. The highest BCUT2D eigenvalue weighted by molar-refractivity contribution is 7.91. The average molecular weight is 270 g/mol. The van der Waals surface area contributed by atoms with E-state index in [0.717, 1.165) is 0 Å². The Morgan fingerprint density at radius 3 is 3.00 bits per heavy atom. The molecule has 18 heavy (non-hydrogen) atoms. The first-order valence-electron chi connectivity index (χ1n) is 5.55. The van der Waals surface area contributed by atoms with Crippen LogP contribution in [-0.4, -0.2) is 30.9 Å². The van der Waals surface area contributed by atoms with Gasteiger partial charge < -0.3 is 9.73 Å². The molecular formula is C11H11FN2O3S. The van der Waals surface area contributed by atoms with Crippen LogP contribution in [0.3, 0.4) is 0 Å². The fourth-order valence-electron chi connectivity index (χ4n) is 2.05. The van der Waals surface area contributed by atoms with Crippen molar-refractivity contribution in [2.24, 2.45) is 0 Å². The smallest absolute Gasteiger partial charge is 0.295 e. The Morgan fingerprint density at radius 2 is 2.28 bits per heavy atom. The van der Waals surface area contributed by atoms with Gasteiger partial charge in [-0.2, -0.15) is 4.98 Å². The summed E-state index contributed by atoms with van der Waals surface area (Å²) < 4.78 is 41.0. The van der Waals surface area contributed by atoms with Gasteiger partial charge in [0.2, 0.25) is 0 Å². The number of sulfone groups is 1. The van der Waals surface area contributed by atoms with E-state index in [1.165, 1.54) is 18.2 Å². The number of nitrogens with one attached hydrogen (secondary N) is 1. The maximum atomic E-state index is 13.0. The van der Waals surface area contributed by atoms with Gasteiger partial charge in [-0.25, -0.2) is 12.8 Å². The van der Waals surface area contributed by atoms with Crippen LogP contribution in [0.25, 0.3) is 11.1 Å². The fraction of sp³-hybridized carbons (Fsp3) is 0.364. The molecule has 1 aliphatic rings. The summed E-state index contributed by atoms with van der Waals surface area (Å²) in [5.41, 5.74) is 0.887. The van der Waals surface area contributed by atoms with Gasteiger partial charge in [-0.3, -0.25) is 0 Å². The second kappa shape index (κ2) is 3.94. The van der Waals surface area contributed by atoms with Gasteiger partial charge in [0, 0.05) is 12.1 Å². The predicted octanol–water partition coefficient (Wildman–Crippen LogP) is 1.57. The Morgan fingerprint density at radius 1 is 1.44 bits per heavy atom. The SMILES string of the molecule is O=S1(=O)CCC(Nc2nc3cc(F)ccc3o2)C1. The van der Waals surface area contributed by atoms with Gasteiger partial charge in [0.15, 0.2) is 15.4 Å². The van der Waals surface area contributed by atoms with E-state index in [1.807, 2.05) is 0 Å². The van der Waals surface area contributed by atoms with E-state index in [4.69, 9.17) is 4.42 Å². The number of benzene rings is 1. The van der Waals surface area contributed by atoms with E-state index in [1.54, 1.807) is 0 Å². The zero-order chi connectivity index (χ0) is 12.8. The molecule has 0 aliphatic carbocycles. The highest BCUT2D eigenvalue weighted by Gasteiger charge is 2.28. The molecule has 1 aromatic heterocycles. The van der Waals surface area contributed by atoms with Gasteiger partial charge in [-0.1, -0.05) is 0 Å². The molecule has 1 aromatic carbocycles. The molecule has 2 heterocycles. The number of hydrogen-bond acceptors (Lipinski definition) is 5. The third-order valence-electron chi connectivity index (χ3n) is 2.91. The molecule has 0 amide bonds. The number of anilines is 1. The molecule has 2 aromatic rings. The number of oxazole rings is 1. The van der Waals surface area contributed by atoms with Crippen molar-refractivity contribution < 1.29 is 17.2 Å². The van der Waals surface area contributed by atoms with Crippen molar-refractivity contribution in [3.05, 3.63) is 24.0 Å². The van der Waals surface area contributed by atoms with Crippen molar-refractivity contribution in [2.45, 2.75) is 12.5 Å². The predicted molar refractivity (Wildman–Crippen MR) is 64.6 cm³/mol. The van der Waals surface area contributed by atoms with Gasteiger partial charge in [0.1, 0.15) is 11.3 Å². The standard InChI is InChI=1S/C11H11FN2O3S/c12-7-1-2-10-9(5-7)14-11(17-10)13-8-3-4-18(15,16)6-8/h1-2,5,8H,3-4,6H2,(H,13,14). The normalized spacial score (nSPS) is 22.4. The zero-order valence-corrected chi connectivity index (χ0v) is 10.2. The molecule has 1 unspecified atom stereocenters. The first-order chi connectivity index (χ1) is 8.52. The lowest BCUT2D eigenvalue weighted by Gasteiger charge is -2.06. The number of halogens is 1. The summed E-state index contributed by atoms with van der Waals surface area (Å²) in [5, 5.41) is 2.93. The Kier molecular flexibility index (Phi) is 2.51. The molecule has 0 saturated carbocycles. The number of aromatic nitrogens is 1. The van der Waals surface area contributed by atoms with E-state index in [9.17, 15) is 12.8 Å². The van der Waals surface area contributed by atoms with Crippen molar-refractivity contribution in [1.82, 2.24) is 4.98 Å². The van der Waals surface area contributed by atoms with Crippen molar-refractivity contribution in [3.8, 4) is 0 Å². The van der Waals surface area contributed by atoms with E-state index in [-0.39, 0.29) is 29.4 Å². The van der Waals surface area contributed by atoms with E-state index < -0.39 is 9.84 Å². The largest absolute Gasteiger partial charge is 0.424 e. The van der Waals surface area contributed by atoms with Gasteiger partial charge in [0.25, 0.3) is 6.01 Å². The number of fused-ring (bicyclic) bond motifs is 1. The van der Waals surface area contributed by atoms with E-state index >= 15 is 0 Å². The molecule has 3 rings (SSSR count). The molecule has 7 heteroatoms. The van der Waals surface area contributed by atoms with Crippen LogP contribution in [-0.2, 0) is 9.84 Å². The number of nitrogens with zero attached hydrogens (tertiary/aromatic N) is 1. The van der Waals surface area contributed by atoms with Gasteiger partial charge in [-0.05, 0) is 18.6 Å². The molecule has 5 nitrogen and oxygen atoms in total. The van der Waals surface area contributed by atoms with Crippen molar-refractivity contribution in [2.75, 3.05) is 16.8 Å². The molecule has 1 aliphatic heterocycles. The topological polar surface area (TPSA) is 72.2 Å². The third-order valence-corrected chi connectivity index (χ3v) is 4.68. The zero-order valence-electron chi connectivity index (χ0n) is 9.39. The summed E-state index contributed by atoms with van der Waals surface area (Å²) in [6.07, 6.45) is 0.537. The minimum atomic E-state index is -2.94. The summed E-state index contributed by atoms with van der Waals surface area (Å²) in [6.45, 7) is 0. The monoisotopic (exact) mass is 270 g/mol. The molecule has 1 fully saturated rings. The minimum Gasteiger partial charge on any atom is -0.424 e. The van der Waals surface area contributed by atoms with Gasteiger partial charge in [-0.15, -0.1) is 0 Å². The lowest BCUT2D eigenvalue weighted by atomic mass is 10.3.